The topological polar surface area (TPSA) is 61.0 Å². The van der Waals surface area contributed by atoms with Crippen LogP contribution in [0.3, 0.4) is 0 Å². The average molecular weight is 383 g/mol. The molecule has 0 bridgehead atoms. The second-order valence-corrected chi connectivity index (χ2v) is 6.15. The van der Waals surface area contributed by atoms with Gasteiger partial charge >= 0.3 is 6.18 Å². The average Bonchev–Trinajstić information content (AvgIpc) is 3.07. The lowest BCUT2D eigenvalue weighted by Crippen LogP contribution is -2.04. The molecule has 0 saturated heterocycles. The van der Waals surface area contributed by atoms with E-state index in [1.165, 1.54) is 24.3 Å². The molecular weight excluding hydrogens is 371 g/mol. The molecule has 0 amide bonds. The van der Waals surface area contributed by atoms with Gasteiger partial charge in [-0.2, -0.15) is 13.2 Å². The molecule has 0 N–H and O–H groups in total. The zero-order valence-corrected chi connectivity index (χ0v) is 14.2. The Morgan fingerprint density at radius 2 is 1.64 bits per heavy atom. The van der Waals surface area contributed by atoms with E-state index in [1.807, 2.05) is 10.6 Å². The van der Waals surface area contributed by atoms with Gasteiger partial charge in [0.05, 0.1) is 27.9 Å². The van der Waals surface area contributed by atoms with Gasteiger partial charge in [0.25, 0.3) is 5.69 Å². The van der Waals surface area contributed by atoms with Crippen molar-refractivity contribution in [2.45, 2.75) is 6.18 Å². The number of hydrogen-bond donors (Lipinski definition) is 0. The van der Waals surface area contributed by atoms with Crippen molar-refractivity contribution in [1.82, 2.24) is 9.55 Å². The number of halogens is 3. The van der Waals surface area contributed by atoms with E-state index < -0.39 is 16.7 Å². The first-order valence-electron chi connectivity index (χ1n) is 8.22. The highest BCUT2D eigenvalue weighted by molar-refractivity contribution is 5.88. The fourth-order valence-corrected chi connectivity index (χ4v) is 3.09. The number of non-ortho nitro benzene ring substituents is 1. The zero-order chi connectivity index (χ0) is 19.9. The molecule has 0 aliphatic carbocycles. The fraction of sp³-hybridized carbons (Fsp3) is 0.0500. The lowest BCUT2D eigenvalue weighted by molar-refractivity contribution is -0.384. The molecule has 0 fully saturated rings. The third-order valence-electron chi connectivity index (χ3n) is 4.43. The van der Waals surface area contributed by atoms with Gasteiger partial charge in [0.1, 0.15) is 0 Å². The normalized spacial score (nSPS) is 11.7. The Bertz CT molecular complexity index is 1160. The van der Waals surface area contributed by atoms with Crippen molar-refractivity contribution in [3.8, 4) is 16.9 Å². The highest BCUT2D eigenvalue weighted by Crippen LogP contribution is 2.34. The molecule has 0 aliphatic heterocycles. The third kappa shape index (κ3) is 3.09. The Morgan fingerprint density at radius 1 is 0.964 bits per heavy atom. The second-order valence-electron chi connectivity index (χ2n) is 6.15. The molecule has 0 unspecified atom stereocenters. The number of nitro groups is 1. The molecule has 0 spiro atoms. The number of alkyl halides is 3. The van der Waals surface area contributed by atoms with Crippen molar-refractivity contribution in [2.24, 2.45) is 0 Å². The van der Waals surface area contributed by atoms with Crippen LogP contribution >= 0.6 is 0 Å². The first kappa shape index (κ1) is 17.7. The predicted octanol–water partition coefficient (Wildman–Crippen LogP) is 5.62. The second kappa shape index (κ2) is 6.49. The van der Waals surface area contributed by atoms with Gasteiger partial charge in [0, 0.05) is 29.4 Å². The Labute approximate surface area is 156 Å². The van der Waals surface area contributed by atoms with E-state index >= 15 is 0 Å². The molecule has 2 heterocycles. The number of hydrogen-bond acceptors (Lipinski definition) is 3. The first-order valence-corrected chi connectivity index (χ1v) is 8.22. The fourth-order valence-electron chi connectivity index (χ4n) is 3.09. The number of pyridine rings is 1. The van der Waals surface area contributed by atoms with Crippen LogP contribution in [-0.2, 0) is 6.18 Å². The molecule has 0 saturated carbocycles. The summed E-state index contributed by atoms with van der Waals surface area (Å²) in [6.07, 6.45) is -1.14. The van der Waals surface area contributed by atoms with Gasteiger partial charge in [-0.25, -0.2) is 0 Å². The molecule has 2 aromatic heterocycles. The smallest absolute Gasteiger partial charge is 0.308 e. The maximum atomic E-state index is 12.9. The lowest BCUT2D eigenvalue weighted by atomic mass is 10.1. The SMILES string of the molecule is O=[N+]([O-])c1ccc(-n2c(-c3ccc(C(F)(F)F)cc3)cc3ccncc32)cc1. The summed E-state index contributed by atoms with van der Waals surface area (Å²) in [6, 6.07) is 14.5. The predicted molar refractivity (Wildman–Crippen MR) is 98.2 cm³/mol. The summed E-state index contributed by atoms with van der Waals surface area (Å²) in [7, 11) is 0. The summed E-state index contributed by atoms with van der Waals surface area (Å²) in [5.41, 5.74) is 1.85. The van der Waals surface area contributed by atoms with Crippen LogP contribution in [0.5, 0.6) is 0 Å². The number of benzene rings is 2. The molecule has 8 heteroatoms. The maximum absolute atomic E-state index is 12.9. The number of fused-ring (bicyclic) bond motifs is 1. The summed E-state index contributed by atoms with van der Waals surface area (Å²) >= 11 is 0. The van der Waals surface area contributed by atoms with Crippen molar-refractivity contribution in [3.63, 3.8) is 0 Å². The van der Waals surface area contributed by atoms with Gasteiger partial charge < -0.3 is 4.57 Å². The van der Waals surface area contributed by atoms with Crippen molar-refractivity contribution >= 4 is 16.6 Å². The van der Waals surface area contributed by atoms with Crippen LogP contribution in [0.4, 0.5) is 18.9 Å². The molecular formula is C20H12F3N3O2. The van der Waals surface area contributed by atoms with Crippen LogP contribution in [0.25, 0.3) is 27.8 Å². The summed E-state index contributed by atoms with van der Waals surface area (Å²) in [5.74, 6) is 0. The van der Waals surface area contributed by atoms with Crippen molar-refractivity contribution < 1.29 is 18.1 Å². The van der Waals surface area contributed by atoms with Crippen molar-refractivity contribution in [2.75, 3.05) is 0 Å². The minimum atomic E-state index is -4.41. The van der Waals surface area contributed by atoms with E-state index in [0.29, 0.717) is 16.9 Å². The Kier molecular flexibility index (Phi) is 4.11. The van der Waals surface area contributed by atoms with Crippen molar-refractivity contribution in [3.05, 3.63) is 88.7 Å². The standard InChI is InChI=1S/C20H12F3N3O2/c21-20(22,23)15-3-1-13(2-4-15)18-11-14-9-10-24-12-19(14)25(18)16-5-7-17(8-6-16)26(27)28/h1-12H. The Morgan fingerprint density at radius 3 is 2.25 bits per heavy atom. The van der Waals surface area contributed by atoms with Crippen LogP contribution in [0.1, 0.15) is 5.56 Å². The van der Waals surface area contributed by atoms with E-state index in [0.717, 1.165) is 23.0 Å². The highest BCUT2D eigenvalue weighted by atomic mass is 19.4. The van der Waals surface area contributed by atoms with Gasteiger partial charge in [-0.3, -0.25) is 15.1 Å². The van der Waals surface area contributed by atoms with Gasteiger partial charge in [0.2, 0.25) is 0 Å². The third-order valence-corrected chi connectivity index (χ3v) is 4.43. The zero-order valence-electron chi connectivity index (χ0n) is 14.2. The van der Waals surface area contributed by atoms with Crippen LogP contribution in [0.15, 0.2) is 73.1 Å². The Hall–Kier alpha value is -3.68. The van der Waals surface area contributed by atoms with Gasteiger partial charge in [-0.15, -0.1) is 0 Å². The van der Waals surface area contributed by atoms with E-state index in [4.69, 9.17) is 0 Å². The van der Waals surface area contributed by atoms with Crippen LogP contribution in [-0.4, -0.2) is 14.5 Å². The quantitative estimate of drug-likeness (QED) is 0.341. The van der Waals surface area contributed by atoms with Gasteiger partial charge in [-0.1, -0.05) is 12.1 Å². The summed E-state index contributed by atoms with van der Waals surface area (Å²) in [6.45, 7) is 0. The van der Waals surface area contributed by atoms with Gasteiger partial charge in [-0.05, 0) is 42.0 Å². The Balaban J connectivity index is 1.89. The van der Waals surface area contributed by atoms with E-state index in [1.54, 1.807) is 30.6 Å². The summed E-state index contributed by atoms with van der Waals surface area (Å²) < 4.78 is 40.4. The molecule has 5 nitrogen and oxygen atoms in total. The number of nitro benzene ring substituents is 1. The molecule has 140 valence electrons. The molecule has 4 rings (SSSR count). The van der Waals surface area contributed by atoms with Gasteiger partial charge in [0.15, 0.2) is 0 Å². The minimum absolute atomic E-state index is 0.0468. The highest BCUT2D eigenvalue weighted by Gasteiger charge is 2.30. The molecule has 0 aliphatic rings. The number of rotatable bonds is 3. The molecule has 28 heavy (non-hydrogen) atoms. The first-order chi connectivity index (χ1) is 13.3. The summed E-state index contributed by atoms with van der Waals surface area (Å²) in [5, 5.41) is 11.8. The lowest BCUT2D eigenvalue weighted by Gasteiger charge is -2.12. The van der Waals surface area contributed by atoms with Crippen molar-refractivity contribution in [1.29, 1.82) is 0 Å². The molecule has 0 atom stereocenters. The largest absolute Gasteiger partial charge is 0.416 e. The number of nitrogens with zero attached hydrogens (tertiary/aromatic N) is 3. The molecule has 0 radical (unpaired) electrons. The molecule has 4 aromatic rings. The minimum Gasteiger partial charge on any atom is -0.308 e. The van der Waals surface area contributed by atoms with E-state index in [-0.39, 0.29) is 5.69 Å². The van der Waals surface area contributed by atoms with E-state index in [9.17, 15) is 23.3 Å². The number of aromatic nitrogens is 2. The van der Waals surface area contributed by atoms with Crippen LogP contribution < -0.4 is 0 Å². The monoisotopic (exact) mass is 383 g/mol. The summed E-state index contributed by atoms with van der Waals surface area (Å²) in [4.78, 5) is 14.5. The molecule has 2 aromatic carbocycles. The maximum Gasteiger partial charge on any atom is 0.416 e. The van der Waals surface area contributed by atoms with Crippen LogP contribution in [0, 0.1) is 10.1 Å². The van der Waals surface area contributed by atoms with E-state index in [2.05, 4.69) is 4.98 Å². The van der Waals surface area contributed by atoms with Crippen LogP contribution in [0.2, 0.25) is 0 Å².